The number of nitrogen functional groups attached to an aromatic ring is 1. The number of aliphatic carboxylic acids is 1. The standard InChI is InChI=1S/C23H19F5N4O3.C18H14F5N3O.C5H7NO3/c24-16-1-3-18(4-2-16)32-19(9-20(31-32)30-22(34)15-8-21(33)29-10-15)14-5-13(6-17(25)7-14)11-35-12-23(26,27)28;19-13-1-3-15(4-2-13)26-16(8-17(24)25-26)12-5-11(6-14(20)7-12)9-27-10-18(21,22)23;7-4-1-3(2-6-4)5(8)9/h1-7,9,15H,8,10-12H2,(H,29,33)(H,30,31,34);1-8H,9-10H2,(H2,24,25);3H,1-2H2,(H,6,7)(H,8,9)/t15-;;3-/m0.0/s1. The second-order valence-corrected chi connectivity index (χ2v) is 15.8. The first-order chi connectivity index (χ1) is 33.5. The van der Waals surface area contributed by atoms with Crippen molar-refractivity contribution in [3.05, 3.63) is 131 Å². The van der Waals surface area contributed by atoms with Crippen LogP contribution in [-0.4, -0.2) is 87.0 Å². The Bertz CT molecular complexity index is 2850. The lowest BCUT2D eigenvalue weighted by molar-refractivity contribution is -0.177. The van der Waals surface area contributed by atoms with Crippen molar-refractivity contribution in [3.8, 4) is 33.9 Å². The molecule has 4 aromatic carbocycles. The van der Waals surface area contributed by atoms with E-state index in [0.717, 1.165) is 18.2 Å². The maximum atomic E-state index is 14.4. The lowest BCUT2D eigenvalue weighted by Crippen LogP contribution is -2.24. The molecule has 2 saturated heterocycles. The molecule has 6 aromatic rings. The molecule has 2 aromatic heterocycles. The number of carbonyl (C=O) groups excluding carboxylic acids is 3. The quantitative estimate of drug-likeness (QED) is 0.0715. The van der Waals surface area contributed by atoms with Crippen molar-refractivity contribution < 1.29 is 77.7 Å². The Labute approximate surface area is 395 Å². The van der Waals surface area contributed by atoms with Gasteiger partial charge in [0, 0.05) is 49.2 Å². The summed E-state index contributed by atoms with van der Waals surface area (Å²) in [6, 6.07) is 21.0. The van der Waals surface area contributed by atoms with Crippen molar-refractivity contribution in [2.24, 2.45) is 11.8 Å². The molecule has 0 unspecified atom stereocenters. The Hall–Kier alpha value is -7.80. The summed E-state index contributed by atoms with van der Waals surface area (Å²) in [6.07, 6.45) is -8.83. The Morgan fingerprint density at radius 2 is 1.07 bits per heavy atom. The van der Waals surface area contributed by atoms with Gasteiger partial charge in [-0.25, -0.2) is 26.9 Å². The molecule has 6 N–H and O–H groups in total. The maximum Gasteiger partial charge on any atom is 0.411 e. The Morgan fingerprint density at radius 1 is 0.634 bits per heavy atom. The molecule has 376 valence electrons. The molecule has 2 fully saturated rings. The molecule has 0 saturated carbocycles. The number of alkyl halides is 6. The van der Waals surface area contributed by atoms with E-state index < -0.39 is 85.8 Å². The van der Waals surface area contributed by atoms with Gasteiger partial charge in [0.15, 0.2) is 5.82 Å². The fourth-order valence-electron chi connectivity index (χ4n) is 6.94. The van der Waals surface area contributed by atoms with Crippen molar-refractivity contribution >= 4 is 35.3 Å². The van der Waals surface area contributed by atoms with Crippen LogP contribution in [0.25, 0.3) is 33.9 Å². The number of amides is 3. The van der Waals surface area contributed by atoms with Crippen LogP contribution in [0.15, 0.2) is 97.1 Å². The molecule has 0 spiro atoms. The van der Waals surface area contributed by atoms with Crippen LogP contribution in [0.3, 0.4) is 0 Å². The van der Waals surface area contributed by atoms with Crippen LogP contribution in [0, 0.1) is 35.1 Å². The first-order valence-electron chi connectivity index (χ1n) is 20.9. The zero-order chi connectivity index (χ0) is 51.6. The zero-order valence-electron chi connectivity index (χ0n) is 36.6. The molecule has 8 rings (SSSR count). The number of ether oxygens (including phenoxy) is 2. The predicted octanol–water partition coefficient (Wildman–Crippen LogP) is 7.66. The highest BCUT2D eigenvalue weighted by Gasteiger charge is 2.30. The lowest BCUT2D eigenvalue weighted by atomic mass is 10.1. The fraction of sp³-hybridized carbons (Fsp3) is 0.261. The minimum Gasteiger partial charge on any atom is -0.481 e. The second kappa shape index (κ2) is 22.7. The van der Waals surface area contributed by atoms with Gasteiger partial charge in [-0.15, -0.1) is 5.10 Å². The van der Waals surface area contributed by atoms with Gasteiger partial charge in [0.2, 0.25) is 17.7 Å². The summed E-state index contributed by atoms with van der Waals surface area (Å²) in [5.41, 5.74) is 8.25. The summed E-state index contributed by atoms with van der Waals surface area (Å²) >= 11 is 0. The monoisotopic (exact) mass is 1010 g/mol. The molecular formula is C46H40F10N8O7. The first kappa shape index (κ1) is 52.6. The zero-order valence-corrected chi connectivity index (χ0v) is 36.6. The number of rotatable bonds is 13. The van der Waals surface area contributed by atoms with Crippen LogP contribution < -0.4 is 21.7 Å². The highest BCUT2D eigenvalue weighted by molar-refractivity contribution is 5.97. The van der Waals surface area contributed by atoms with Crippen LogP contribution in [0.1, 0.15) is 24.0 Å². The molecule has 15 nitrogen and oxygen atoms in total. The number of halogens is 10. The molecule has 3 amide bonds. The molecule has 4 heterocycles. The van der Waals surface area contributed by atoms with Crippen molar-refractivity contribution in [1.82, 2.24) is 30.2 Å². The SMILES string of the molecule is Nc1cc(-c2cc(F)cc(COCC(F)(F)F)c2)n(-c2ccc(F)cc2)n1.O=C1C[C@H](C(=O)Nc2cc(-c3cc(F)cc(COCC(F)(F)F)c3)n(-c3ccc(F)cc3)n2)CN1.O=C1C[C@H](C(=O)O)CN1. The topological polar surface area (TPSA) is 205 Å². The van der Waals surface area contributed by atoms with E-state index in [4.69, 9.17) is 10.8 Å². The summed E-state index contributed by atoms with van der Waals surface area (Å²) < 4.78 is 141. The average Bonchev–Trinajstić information content (AvgIpc) is 4.11. The number of nitrogens with zero attached hydrogens (tertiary/aromatic N) is 4. The van der Waals surface area contributed by atoms with Gasteiger partial charge in [0.05, 0.1) is 47.8 Å². The van der Waals surface area contributed by atoms with E-state index in [1.165, 1.54) is 88.2 Å². The Kier molecular flexibility index (Phi) is 16.8. The highest BCUT2D eigenvalue weighted by atomic mass is 19.4. The smallest absolute Gasteiger partial charge is 0.411 e. The third kappa shape index (κ3) is 15.6. The van der Waals surface area contributed by atoms with Crippen molar-refractivity contribution in [3.63, 3.8) is 0 Å². The molecule has 2 atom stereocenters. The predicted molar refractivity (Wildman–Crippen MR) is 232 cm³/mol. The number of anilines is 2. The molecule has 2 aliphatic heterocycles. The van der Waals surface area contributed by atoms with Gasteiger partial charge in [-0.05, 0) is 96.1 Å². The number of hydrogen-bond acceptors (Lipinski definition) is 9. The van der Waals surface area contributed by atoms with Gasteiger partial charge in [-0.1, -0.05) is 0 Å². The normalized spacial score (nSPS) is 15.5. The third-order valence-electron chi connectivity index (χ3n) is 10.1. The summed E-state index contributed by atoms with van der Waals surface area (Å²) in [5, 5.41) is 24.4. The first-order valence-corrected chi connectivity index (χ1v) is 20.9. The van der Waals surface area contributed by atoms with Crippen LogP contribution in [0.5, 0.6) is 0 Å². The summed E-state index contributed by atoms with van der Waals surface area (Å²) in [7, 11) is 0. The highest BCUT2D eigenvalue weighted by Crippen LogP contribution is 2.30. The van der Waals surface area contributed by atoms with E-state index in [9.17, 15) is 63.1 Å². The second-order valence-electron chi connectivity index (χ2n) is 15.8. The molecule has 0 bridgehead atoms. The molecule has 71 heavy (non-hydrogen) atoms. The Morgan fingerprint density at radius 3 is 1.48 bits per heavy atom. The van der Waals surface area contributed by atoms with Gasteiger partial charge in [-0.2, -0.15) is 31.4 Å². The van der Waals surface area contributed by atoms with Gasteiger partial charge in [-0.3, -0.25) is 19.2 Å². The van der Waals surface area contributed by atoms with E-state index in [-0.39, 0.29) is 71.8 Å². The van der Waals surface area contributed by atoms with Crippen LogP contribution in [0.4, 0.5) is 55.5 Å². The van der Waals surface area contributed by atoms with E-state index >= 15 is 0 Å². The largest absolute Gasteiger partial charge is 0.481 e. The number of benzene rings is 4. The number of nitrogens with two attached hydrogens (primary N) is 1. The number of carboxylic acids is 1. The average molecular weight is 1010 g/mol. The van der Waals surface area contributed by atoms with E-state index in [0.29, 0.717) is 22.6 Å². The van der Waals surface area contributed by atoms with E-state index in [1.54, 1.807) is 0 Å². The molecule has 0 aliphatic carbocycles. The van der Waals surface area contributed by atoms with Gasteiger partial charge in [0.1, 0.15) is 42.3 Å². The van der Waals surface area contributed by atoms with Crippen molar-refractivity contribution in [2.45, 2.75) is 38.4 Å². The molecule has 0 radical (unpaired) electrons. The van der Waals surface area contributed by atoms with Crippen molar-refractivity contribution in [2.75, 3.05) is 37.4 Å². The van der Waals surface area contributed by atoms with Gasteiger partial charge >= 0.3 is 18.3 Å². The summed E-state index contributed by atoms with van der Waals surface area (Å²) in [4.78, 5) is 44.5. The number of hydrogen-bond donors (Lipinski definition) is 5. The third-order valence-corrected chi connectivity index (χ3v) is 10.1. The summed E-state index contributed by atoms with van der Waals surface area (Å²) in [6.45, 7) is -3.35. The van der Waals surface area contributed by atoms with E-state index in [2.05, 4.69) is 35.6 Å². The number of aromatic nitrogens is 4. The number of nitrogens with one attached hydrogen (secondary N) is 3. The van der Waals surface area contributed by atoms with Crippen LogP contribution in [-0.2, 0) is 41.9 Å². The maximum absolute atomic E-state index is 14.4. The molecule has 2 aliphatic rings. The van der Waals surface area contributed by atoms with Gasteiger partial charge < -0.3 is 36.3 Å². The molecule has 25 heteroatoms. The fourth-order valence-corrected chi connectivity index (χ4v) is 6.94. The minimum atomic E-state index is -4.52. The van der Waals surface area contributed by atoms with E-state index in [1.807, 2.05) is 0 Å². The number of carbonyl (C=O) groups is 4. The van der Waals surface area contributed by atoms with Crippen LogP contribution in [0.2, 0.25) is 0 Å². The Balaban J connectivity index is 0.000000202. The van der Waals surface area contributed by atoms with Crippen molar-refractivity contribution in [1.29, 1.82) is 0 Å². The lowest BCUT2D eigenvalue weighted by Gasteiger charge is -2.11. The summed E-state index contributed by atoms with van der Waals surface area (Å²) in [5.74, 6) is -4.91. The van der Waals surface area contributed by atoms with Gasteiger partial charge in [0.25, 0.3) is 0 Å². The number of carboxylic acid groups (broad SMARTS) is 1. The molecular weight excluding hydrogens is 967 g/mol. The minimum absolute atomic E-state index is 0.0303. The van der Waals surface area contributed by atoms with Crippen LogP contribution >= 0.6 is 0 Å².